The van der Waals surface area contributed by atoms with Gasteiger partial charge in [-0.2, -0.15) is 5.10 Å². The van der Waals surface area contributed by atoms with Crippen LogP contribution in [-0.2, 0) is 13.0 Å². The van der Waals surface area contributed by atoms with Gasteiger partial charge in [0.15, 0.2) is 0 Å². The Kier molecular flexibility index (Phi) is 6.02. The molecule has 0 spiro atoms. The summed E-state index contributed by atoms with van der Waals surface area (Å²) in [5.41, 5.74) is 0. The van der Waals surface area contributed by atoms with Crippen molar-refractivity contribution in [1.82, 2.24) is 20.1 Å². The maximum absolute atomic E-state index is 4.48. The molecule has 1 fully saturated rings. The standard InChI is InChI=1S/C16H30N4/c1-4-17-15(9-14-7-5-6-8-14)10-16-18-12-19-20(16)11-13(2)3/h12-15,17H,4-11H2,1-3H3. The summed E-state index contributed by atoms with van der Waals surface area (Å²) in [5, 5.41) is 8.03. The minimum absolute atomic E-state index is 0.554. The summed E-state index contributed by atoms with van der Waals surface area (Å²) in [7, 11) is 0. The second-order valence-electron chi connectivity index (χ2n) is 6.60. The van der Waals surface area contributed by atoms with E-state index in [1.165, 1.54) is 32.1 Å². The molecule has 1 unspecified atom stereocenters. The van der Waals surface area contributed by atoms with Crippen LogP contribution in [0.25, 0.3) is 0 Å². The third-order valence-electron chi connectivity index (χ3n) is 4.25. The zero-order valence-electron chi connectivity index (χ0n) is 13.3. The van der Waals surface area contributed by atoms with E-state index in [9.17, 15) is 0 Å². The van der Waals surface area contributed by atoms with Gasteiger partial charge in [-0.25, -0.2) is 9.67 Å². The average Bonchev–Trinajstić information content (AvgIpc) is 3.02. The van der Waals surface area contributed by atoms with E-state index in [4.69, 9.17) is 0 Å². The molecule has 0 bridgehead atoms. The van der Waals surface area contributed by atoms with Gasteiger partial charge in [0.2, 0.25) is 0 Å². The predicted octanol–water partition coefficient (Wildman–Crippen LogP) is 3.04. The fourth-order valence-electron chi connectivity index (χ4n) is 3.34. The highest BCUT2D eigenvalue weighted by atomic mass is 15.3. The SMILES string of the molecule is CCNC(Cc1ncnn1CC(C)C)CC1CCCC1. The van der Waals surface area contributed by atoms with Crippen molar-refractivity contribution in [3.8, 4) is 0 Å². The normalized spacial score (nSPS) is 18.0. The van der Waals surface area contributed by atoms with E-state index in [1.807, 2.05) is 0 Å². The molecule has 1 heterocycles. The summed E-state index contributed by atoms with van der Waals surface area (Å²) >= 11 is 0. The summed E-state index contributed by atoms with van der Waals surface area (Å²) < 4.78 is 2.09. The lowest BCUT2D eigenvalue weighted by Gasteiger charge is -2.21. The van der Waals surface area contributed by atoms with Crippen LogP contribution in [0, 0.1) is 11.8 Å². The number of hydrogen-bond donors (Lipinski definition) is 1. The smallest absolute Gasteiger partial charge is 0.138 e. The van der Waals surface area contributed by atoms with Gasteiger partial charge >= 0.3 is 0 Å². The Hall–Kier alpha value is -0.900. The van der Waals surface area contributed by atoms with E-state index in [0.29, 0.717) is 12.0 Å². The highest BCUT2D eigenvalue weighted by Crippen LogP contribution is 2.29. The van der Waals surface area contributed by atoms with Crippen molar-refractivity contribution in [3.63, 3.8) is 0 Å². The summed E-state index contributed by atoms with van der Waals surface area (Å²) in [6.45, 7) is 8.66. The first-order valence-electron chi connectivity index (χ1n) is 8.29. The van der Waals surface area contributed by atoms with Gasteiger partial charge in [0.05, 0.1) is 0 Å². The molecule has 0 saturated heterocycles. The van der Waals surface area contributed by atoms with E-state index in [2.05, 4.69) is 40.9 Å². The van der Waals surface area contributed by atoms with Crippen molar-refractivity contribution in [3.05, 3.63) is 12.2 Å². The van der Waals surface area contributed by atoms with Gasteiger partial charge < -0.3 is 5.32 Å². The summed E-state index contributed by atoms with van der Waals surface area (Å²) in [6, 6.07) is 0.554. The number of aromatic nitrogens is 3. The van der Waals surface area contributed by atoms with Gasteiger partial charge in [0.25, 0.3) is 0 Å². The van der Waals surface area contributed by atoms with Crippen molar-refractivity contribution >= 4 is 0 Å². The second kappa shape index (κ2) is 7.77. The van der Waals surface area contributed by atoms with Crippen LogP contribution in [0.3, 0.4) is 0 Å². The Balaban J connectivity index is 1.94. The molecular formula is C16H30N4. The zero-order valence-corrected chi connectivity index (χ0v) is 13.3. The fourth-order valence-corrected chi connectivity index (χ4v) is 3.34. The van der Waals surface area contributed by atoms with Gasteiger partial charge in [-0.3, -0.25) is 0 Å². The van der Waals surface area contributed by atoms with Crippen molar-refractivity contribution in [1.29, 1.82) is 0 Å². The predicted molar refractivity (Wildman–Crippen MR) is 82.6 cm³/mol. The van der Waals surface area contributed by atoms with Gasteiger partial charge in [-0.1, -0.05) is 46.5 Å². The lowest BCUT2D eigenvalue weighted by molar-refractivity contribution is 0.375. The quantitative estimate of drug-likeness (QED) is 0.795. The molecule has 1 aromatic rings. The molecule has 0 radical (unpaired) electrons. The molecular weight excluding hydrogens is 248 g/mol. The lowest BCUT2D eigenvalue weighted by atomic mass is 9.96. The molecule has 1 aromatic heterocycles. The molecule has 0 amide bonds. The highest BCUT2D eigenvalue weighted by molar-refractivity contribution is 4.91. The Morgan fingerprint density at radius 1 is 1.35 bits per heavy atom. The minimum atomic E-state index is 0.554. The molecule has 114 valence electrons. The average molecular weight is 278 g/mol. The number of hydrogen-bond acceptors (Lipinski definition) is 3. The van der Waals surface area contributed by atoms with Crippen molar-refractivity contribution in [2.45, 2.75) is 71.9 Å². The van der Waals surface area contributed by atoms with Crippen LogP contribution in [0.15, 0.2) is 6.33 Å². The molecule has 1 aliphatic carbocycles. The Labute approximate surface area is 123 Å². The summed E-state index contributed by atoms with van der Waals surface area (Å²) in [5.74, 6) is 2.67. The lowest BCUT2D eigenvalue weighted by Crippen LogP contribution is -2.34. The van der Waals surface area contributed by atoms with E-state index in [-0.39, 0.29) is 0 Å². The fraction of sp³-hybridized carbons (Fsp3) is 0.875. The molecule has 1 saturated carbocycles. The van der Waals surface area contributed by atoms with Crippen molar-refractivity contribution < 1.29 is 0 Å². The van der Waals surface area contributed by atoms with Crippen molar-refractivity contribution in [2.24, 2.45) is 11.8 Å². The van der Waals surface area contributed by atoms with Crippen molar-refractivity contribution in [2.75, 3.05) is 6.54 Å². The van der Waals surface area contributed by atoms with Crippen LogP contribution in [0.1, 0.15) is 58.7 Å². The van der Waals surface area contributed by atoms with Gasteiger partial charge in [-0.05, 0) is 24.8 Å². The molecule has 0 aromatic carbocycles. The van der Waals surface area contributed by atoms with E-state index < -0.39 is 0 Å². The first-order chi connectivity index (χ1) is 9.69. The molecule has 0 aliphatic heterocycles. The van der Waals surface area contributed by atoms with E-state index >= 15 is 0 Å². The molecule has 2 rings (SSSR count). The topological polar surface area (TPSA) is 42.7 Å². The van der Waals surface area contributed by atoms with Gasteiger partial charge in [-0.15, -0.1) is 0 Å². The van der Waals surface area contributed by atoms with E-state index in [1.54, 1.807) is 6.33 Å². The summed E-state index contributed by atoms with van der Waals surface area (Å²) in [6.07, 6.45) is 9.69. The van der Waals surface area contributed by atoms with Crippen LogP contribution in [0.5, 0.6) is 0 Å². The molecule has 20 heavy (non-hydrogen) atoms. The molecule has 1 N–H and O–H groups in total. The first-order valence-corrected chi connectivity index (χ1v) is 8.29. The minimum Gasteiger partial charge on any atom is -0.314 e. The number of nitrogens with zero attached hydrogens (tertiary/aromatic N) is 3. The molecule has 4 heteroatoms. The maximum Gasteiger partial charge on any atom is 0.138 e. The number of nitrogens with one attached hydrogen (secondary N) is 1. The maximum atomic E-state index is 4.48. The third-order valence-corrected chi connectivity index (χ3v) is 4.25. The first kappa shape index (κ1) is 15.5. The Morgan fingerprint density at radius 2 is 2.10 bits per heavy atom. The summed E-state index contributed by atoms with van der Waals surface area (Å²) in [4.78, 5) is 4.48. The zero-order chi connectivity index (χ0) is 14.4. The second-order valence-corrected chi connectivity index (χ2v) is 6.60. The Bertz CT molecular complexity index is 380. The van der Waals surface area contributed by atoms with Crippen LogP contribution in [-0.4, -0.2) is 27.4 Å². The van der Waals surface area contributed by atoms with Crippen LogP contribution < -0.4 is 5.32 Å². The largest absolute Gasteiger partial charge is 0.314 e. The highest BCUT2D eigenvalue weighted by Gasteiger charge is 2.21. The third kappa shape index (κ3) is 4.58. The van der Waals surface area contributed by atoms with E-state index in [0.717, 1.165) is 31.3 Å². The van der Waals surface area contributed by atoms with Crippen LogP contribution in [0.4, 0.5) is 0 Å². The number of rotatable bonds is 8. The van der Waals surface area contributed by atoms with Gasteiger partial charge in [0, 0.05) is 19.0 Å². The molecule has 1 atom stereocenters. The number of likely N-dealkylation sites (N-methyl/N-ethyl adjacent to an activating group) is 1. The van der Waals surface area contributed by atoms with Gasteiger partial charge in [0.1, 0.15) is 12.2 Å². The monoisotopic (exact) mass is 278 g/mol. The molecule has 4 nitrogen and oxygen atoms in total. The Morgan fingerprint density at radius 3 is 2.75 bits per heavy atom. The van der Waals surface area contributed by atoms with Crippen LogP contribution in [0.2, 0.25) is 0 Å². The van der Waals surface area contributed by atoms with Crippen LogP contribution >= 0.6 is 0 Å². The molecule has 1 aliphatic rings.